The van der Waals surface area contributed by atoms with Crippen molar-refractivity contribution in [2.24, 2.45) is 0 Å². The van der Waals surface area contributed by atoms with Gasteiger partial charge in [-0.25, -0.2) is 4.39 Å². The molecule has 3 heteroatoms. The average Bonchev–Trinajstić information content (AvgIpc) is 1.93. The first-order valence-corrected chi connectivity index (χ1v) is 3.84. The van der Waals surface area contributed by atoms with Crippen molar-refractivity contribution in [1.82, 2.24) is 0 Å². The number of hydrogen-bond acceptors (Lipinski definition) is 1. The van der Waals surface area contributed by atoms with Crippen molar-refractivity contribution in [2.75, 3.05) is 0 Å². The van der Waals surface area contributed by atoms with E-state index in [1.807, 2.05) is 0 Å². The van der Waals surface area contributed by atoms with Crippen LogP contribution in [0, 0.1) is 16.3 Å². The summed E-state index contributed by atoms with van der Waals surface area (Å²) < 4.78 is 13.1. The maximum atomic E-state index is 12.8. The van der Waals surface area contributed by atoms with E-state index in [1.165, 1.54) is 6.07 Å². The van der Waals surface area contributed by atoms with Crippen LogP contribution in [0.1, 0.15) is 5.56 Å². The molecule has 0 aliphatic carbocycles. The van der Waals surface area contributed by atoms with Crippen molar-refractivity contribution in [1.29, 1.82) is 0 Å². The average molecular weight is 252 g/mol. The van der Waals surface area contributed by atoms with Crippen LogP contribution in [0.2, 0.25) is 0 Å². The van der Waals surface area contributed by atoms with Crippen LogP contribution in [0.3, 0.4) is 0 Å². The van der Waals surface area contributed by atoms with E-state index >= 15 is 0 Å². The summed E-state index contributed by atoms with van der Waals surface area (Å²) in [5.74, 6) is -0.329. The highest BCUT2D eigenvalue weighted by molar-refractivity contribution is 14.1. The lowest BCUT2D eigenvalue weighted by Crippen LogP contribution is -1.86. The van der Waals surface area contributed by atoms with Crippen molar-refractivity contribution in [3.05, 3.63) is 27.1 Å². The molecule has 0 aliphatic heterocycles. The summed E-state index contributed by atoms with van der Waals surface area (Å²) in [6, 6.07) is 3.03. The summed E-state index contributed by atoms with van der Waals surface area (Å²) in [5.41, 5.74) is 0.558. The van der Waals surface area contributed by atoms with Crippen LogP contribution in [-0.2, 0) is 0 Å². The Morgan fingerprint density at radius 1 is 1.50 bits per heavy atom. The Bertz CT molecular complexity index is 233. The lowest BCUT2D eigenvalue weighted by atomic mass is 10.2. The third-order valence-electron chi connectivity index (χ3n) is 1.26. The molecule has 0 atom stereocenters. The van der Waals surface area contributed by atoms with Gasteiger partial charge in [0.1, 0.15) is 11.6 Å². The second-order valence-corrected chi connectivity index (χ2v) is 3.11. The first kappa shape index (κ1) is 7.78. The second kappa shape index (κ2) is 2.74. The SMILES string of the molecule is Cc1ccc(O)c(I)c1F. The molecule has 0 fully saturated rings. The lowest BCUT2D eigenvalue weighted by Gasteiger charge is -1.99. The van der Waals surface area contributed by atoms with E-state index < -0.39 is 0 Å². The molecular weight excluding hydrogens is 246 g/mol. The molecule has 0 aromatic heterocycles. The van der Waals surface area contributed by atoms with Gasteiger partial charge in [0.2, 0.25) is 0 Å². The normalized spacial score (nSPS) is 9.90. The molecule has 0 radical (unpaired) electrons. The van der Waals surface area contributed by atoms with Gasteiger partial charge in [-0.1, -0.05) is 6.07 Å². The van der Waals surface area contributed by atoms with Gasteiger partial charge in [0.15, 0.2) is 0 Å². The standard InChI is InChI=1S/C7H6FIO/c1-4-2-3-5(10)7(9)6(4)8/h2-3,10H,1H3. The summed E-state index contributed by atoms with van der Waals surface area (Å²) in [5, 5.41) is 8.98. The van der Waals surface area contributed by atoms with Crippen LogP contribution in [-0.4, -0.2) is 5.11 Å². The monoisotopic (exact) mass is 252 g/mol. The third kappa shape index (κ3) is 1.23. The van der Waals surface area contributed by atoms with Crippen molar-refractivity contribution < 1.29 is 9.50 Å². The van der Waals surface area contributed by atoms with Gasteiger partial charge in [0.05, 0.1) is 3.57 Å². The topological polar surface area (TPSA) is 20.2 Å². The molecule has 0 bridgehead atoms. The second-order valence-electron chi connectivity index (χ2n) is 2.03. The Hall–Kier alpha value is -0.320. The summed E-state index contributed by atoms with van der Waals surface area (Å²) in [4.78, 5) is 0. The molecule has 1 aromatic carbocycles. The van der Waals surface area contributed by atoms with Gasteiger partial charge in [0.25, 0.3) is 0 Å². The molecule has 1 aromatic rings. The molecule has 0 amide bonds. The minimum atomic E-state index is -0.333. The van der Waals surface area contributed by atoms with Crippen molar-refractivity contribution in [3.8, 4) is 5.75 Å². The van der Waals surface area contributed by atoms with E-state index in [0.29, 0.717) is 5.56 Å². The van der Waals surface area contributed by atoms with Gasteiger partial charge in [-0.2, -0.15) is 0 Å². The number of benzene rings is 1. The highest BCUT2D eigenvalue weighted by Gasteiger charge is 2.05. The predicted molar refractivity (Wildman–Crippen MR) is 45.5 cm³/mol. The summed E-state index contributed by atoms with van der Waals surface area (Å²) in [6.07, 6.45) is 0. The van der Waals surface area contributed by atoms with E-state index in [4.69, 9.17) is 5.11 Å². The van der Waals surface area contributed by atoms with Crippen molar-refractivity contribution >= 4 is 22.6 Å². The van der Waals surface area contributed by atoms with Crippen LogP contribution >= 0.6 is 22.6 Å². The quantitative estimate of drug-likeness (QED) is 0.703. The molecule has 1 nitrogen and oxygen atoms in total. The molecule has 54 valence electrons. The smallest absolute Gasteiger partial charge is 0.143 e. The van der Waals surface area contributed by atoms with Gasteiger partial charge in [-0.15, -0.1) is 0 Å². The van der Waals surface area contributed by atoms with E-state index in [-0.39, 0.29) is 15.1 Å². The molecule has 0 saturated heterocycles. The Balaban J connectivity index is 3.34. The van der Waals surface area contributed by atoms with Gasteiger partial charge < -0.3 is 5.11 Å². The number of halogens is 2. The number of rotatable bonds is 0. The van der Waals surface area contributed by atoms with E-state index in [0.717, 1.165) is 0 Å². The Morgan fingerprint density at radius 2 is 2.10 bits per heavy atom. The van der Waals surface area contributed by atoms with E-state index in [2.05, 4.69) is 0 Å². The maximum Gasteiger partial charge on any atom is 0.143 e. The molecule has 0 saturated carbocycles. The van der Waals surface area contributed by atoms with Crippen LogP contribution in [0.25, 0.3) is 0 Å². The van der Waals surface area contributed by atoms with Crippen LogP contribution in [0.15, 0.2) is 12.1 Å². The van der Waals surface area contributed by atoms with E-state index in [1.54, 1.807) is 35.6 Å². The summed E-state index contributed by atoms with van der Waals surface area (Å²) in [6.45, 7) is 1.66. The minimum Gasteiger partial charge on any atom is -0.507 e. The fourth-order valence-corrected chi connectivity index (χ4v) is 1.24. The van der Waals surface area contributed by atoms with Crippen LogP contribution in [0.5, 0.6) is 5.75 Å². The zero-order chi connectivity index (χ0) is 7.72. The Kier molecular flexibility index (Phi) is 2.13. The minimum absolute atomic E-state index is 0.00343. The molecule has 0 heterocycles. The number of phenolic OH excluding ortho intramolecular Hbond substituents is 1. The third-order valence-corrected chi connectivity index (χ3v) is 2.28. The molecule has 0 unspecified atom stereocenters. The summed E-state index contributed by atoms with van der Waals surface area (Å²) in [7, 11) is 0. The molecular formula is C7H6FIO. The number of aromatic hydroxyl groups is 1. The van der Waals surface area contributed by atoms with Crippen molar-refractivity contribution in [3.63, 3.8) is 0 Å². The first-order valence-electron chi connectivity index (χ1n) is 2.76. The highest BCUT2D eigenvalue weighted by Crippen LogP contribution is 2.23. The fraction of sp³-hybridized carbons (Fsp3) is 0.143. The Morgan fingerprint density at radius 3 is 2.60 bits per heavy atom. The van der Waals surface area contributed by atoms with Crippen LogP contribution < -0.4 is 0 Å². The largest absolute Gasteiger partial charge is 0.507 e. The first-order chi connectivity index (χ1) is 4.63. The zero-order valence-electron chi connectivity index (χ0n) is 5.36. The Labute approximate surface area is 72.0 Å². The number of aryl methyl sites for hydroxylation is 1. The van der Waals surface area contributed by atoms with Gasteiger partial charge in [-0.3, -0.25) is 0 Å². The van der Waals surface area contributed by atoms with Crippen molar-refractivity contribution in [2.45, 2.75) is 6.92 Å². The number of phenols is 1. The number of hydrogen-bond donors (Lipinski definition) is 1. The molecule has 0 aliphatic rings. The molecule has 1 rings (SSSR count). The van der Waals surface area contributed by atoms with Gasteiger partial charge in [-0.05, 0) is 41.1 Å². The lowest BCUT2D eigenvalue weighted by molar-refractivity contribution is 0.462. The van der Waals surface area contributed by atoms with E-state index in [9.17, 15) is 4.39 Å². The predicted octanol–water partition coefficient (Wildman–Crippen LogP) is 2.44. The maximum absolute atomic E-state index is 12.8. The van der Waals surface area contributed by atoms with Crippen LogP contribution in [0.4, 0.5) is 4.39 Å². The van der Waals surface area contributed by atoms with Gasteiger partial charge >= 0.3 is 0 Å². The zero-order valence-corrected chi connectivity index (χ0v) is 7.52. The fourth-order valence-electron chi connectivity index (χ4n) is 0.636. The summed E-state index contributed by atoms with van der Waals surface area (Å²) >= 11 is 1.77. The molecule has 0 spiro atoms. The highest BCUT2D eigenvalue weighted by atomic mass is 127. The molecule has 1 N–H and O–H groups in total. The van der Waals surface area contributed by atoms with Gasteiger partial charge in [0, 0.05) is 0 Å². The molecule has 10 heavy (non-hydrogen) atoms.